The van der Waals surface area contributed by atoms with Crippen molar-refractivity contribution in [3.8, 4) is 0 Å². The van der Waals surface area contributed by atoms with E-state index in [1.807, 2.05) is 13.8 Å². The van der Waals surface area contributed by atoms with Gasteiger partial charge in [0, 0.05) is 17.6 Å². The van der Waals surface area contributed by atoms with Crippen LogP contribution in [0.25, 0.3) is 0 Å². The molecule has 7 nitrogen and oxygen atoms in total. The van der Waals surface area contributed by atoms with E-state index in [-0.39, 0.29) is 24.2 Å². The lowest BCUT2D eigenvalue weighted by Crippen LogP contribution is -2.53. The highest BCUT2D eigenvalue weighted by Gasteiger charge is 2.32. The Bertz CT molecular complexity index is 1120. The number of benzene rings is 2. The smallest absolute Gasteiger partial charge is 0.244 e. The van der Waals surface area contributed by atoms with E-state index in [9.17, 15) is 22.4 Å². The van der Waals surface area contributed by atoms with Gasteiger partial charge < -0.3 is 10.2 Å². The second-order valence-electron chi connectivity index (χ2n) is 8.39. The number of amides is 2. The van der Waals surface area contributed by atoms with Gasteiger partial charge in [-0.25, -0.2) is 12.8 Å². The molecule has 0 saturated heterocycles. The zero-order valence-corrected chi connectivity index (χ0v) is 21.6. The summed E-state index contributed by atoms with van der Waals surface area (Å²) in [6.07, 6.45) is 1.31. The van der Waals surface area contributed by atoms with Gasteiger partial charge in [-0.15, -0.1) is 0 Å². The summed E-state index contributed by atoms with van der Waals surface area (Å²) in [5.74, 6) is -1.34. The van der Waals surface area contributed by atoms with Gasteiger partial charge in [-0.2, -0.15) is 0 Å². The highest BCUT2D eigenvalue weighted by molar-refractivity contribution is 7.92. The molecular weight excluding hydrogens is 481 g/mol. The Labute approximate surface area is 205 Å². The molecule has 0 spiro atoms. The Balaban J connectivity index is 2.48. The molecule has 1 unspecified atom stereocenters. The van der Waals surface area contributed by atoms with Gasteiger partial charge in [0.1, 0.15) is 18.4 Å². The lowest BCUT2D eigenvalue weighted by Gasteiger charge is -2.33. The van der Waals surface area contributed by atoms with E-state index in [0.717, 1.165) is 10.6 Å². The van der Waals surface area contributed by atoms with Crippen molar-refractivity contribution in [2.45, 2.75) is 52.7 Å². The van der Waals surface area contributed by atoms with E-state index in [4.69, 9.17) is 11.6 Å². The van der Waals surface area contributed by atoms with E-state index in [1.165, 1.54) is 29.2 Å². The van der Waals surface area contributed by atoms with Gasteiger partial charge in [0.2, 0.25) is 21.8 Å². The number of hydrogen-bond acceptors (Lipinski definition) is 4. The van der Waals surface area contributed by atoms with Gasteiger partial charge in [-0.1, -0.05) is 36.7 Å². The molecular formula is C24H31ClFN3O4S. The van der Waals surface area contributed by atoms with Crippen molar-refractivity contribution in [2.24, 2.45) is 0 Å². The van der Waals surface area contributed by atoms with E-state index in [1.54, 1.807) is 32.0 Å². The number of hydrogen-bond donors (Lipinski definition) is 1. The average molecular weight is 512 g/mol. The largest absolute Gasteiger partial charge is 0.352 e. The van der Waals surface area contributed by atoms with E-state index < -0.39 is 34.3 Å². The maximum Gasteiger partial charge on any atom is 0.244 e. The molecule has 0 aliphatic carbocycles. The lowest BCUT2D eigenvalue weighted by molar-refractivity contribution is -0.140. The summed E-state index contributed by atoms with van der Waals surface area (Å²) in [6, 6.07) is 9.41. The molecule has 0 radical (unpaired) electrons. The molecule has 0 bridgehead atoms. The van der Waals surface area contributed by atoms with Crippen LogP contribution in [0.3, 0.4) is 0 Å². The Hall–Kier alpha value is -2.65. The molecule has 0 saturated carbocycles. The van der Waals surface area contributed by atoms with Crippen LogP contribution in [0.15, 0.2) is 42.5 Å². The fourth-order valence-electron chi connectivity index (χ4n) is 3.55. The Kier molecular flexibility index (Phi) is 9.46. The quantitative estimate of drug-likeness (QED) is 0.524. The molecule has 10 heteroatoms. The van der Waals surface area contributed by atoms with Gasteiger partial charge in [0.25, 0.3) is 0 Å². The van der Waals surface area contributed by atoms with Crippen LogP contribution < -0.4 is 9.62 Å². The Morgan fingerprint density at radius 2 is 1.74 bits per heavy atom. The normalized spacial score (nSPS) is 12.4. The first-order valence-corrected chi connectivity index (χ1v) is 13.1. The molecule has 186 valence electrons. The molecule has 0 aromatic heterocycles. The number of carbonyl (C=O) groups excluding carboxylic acids is 2. The Morgan fingerprint density at radius 3 is 2.26 bits per heavy atom. The van der Waals surface area contributed by atoms with Crippen molar-refractivity contribution >= 4 is 39.1 Å². The average Bonchev–Trinajstić information content (AvgIpc) is 2.74. The number of halogens is 2. The minimum atomic E-state index is -3.86. The third-order valence-corrected chi connectivity index (χ3v) is 6.81. The van der Waals surface area contributed by atoms with Crippen molar-refractivity contribution in [1.29, 1.82) is 0 Å². The number of sulfonamides is 1. The minimum Gasteiger partial charge on any atom is -0.352 e. The molecule has 0 aliphatic rings. The van der Waals surface area contributed by atoms with E-state index in [0.29, 0.717) is 22.6 Å². The molecule has 2 aromatic carbocycles. The summed E-state index contributed by atoms with van der Waals surface area (Å²) in [7, 11) is -3.86. The second kappa shape index (κ2) is 11.7. The monoisotopic (exact) mass is 511 g/mol. The van der Waals surface area contributed by atoms with Crippen LogP contribution in [-0.4, -0.2) is 50.0 Å². The van der Waals surface area contributed by atoms with Crippen LogP contribution >= 0.6 is 11.6 Å². The van der Waals surface area contributed by atoms with Crippen LogP contribution in [0, 0.1) is 12.7 Å². The first-order valence-electron chi connectivity index (χ1n) is 10.9. The maximum atomic E-state index is 13.6. The van der Waals surface area contributed by atoms with Gasteiger partial charge in [0.15, 0.2) is 0 Å². The molecule has 1 atom stereocenters. The van der Waals surface area contributed by atoms with Gasteiger partial charge in [-0.05, 0) is 62.6 Å². The zero-order valence-electron chi connectivity index (χ0n) is 20.0. The molecule has 0 fully saturated rings. The predicted octanol–water partition coefficient (Wildman–Crippen LogP) is 3.89. The standard InChI is InChI=1S/C24H31ClFN3O4S/c1-6-21(24(31)27-16(2)3)28(14-18-10-12-19(26)13-11-18)23(30)15-29(34(5,32)33)22-9-7-8-20(25)17(22)4/h7-13,16,21H,6,14-15H2,1-5H3,(H,27,31). The van der Waals surface area contributed by atoms with Crippen LogP contribution in [0.5, 0.6) is 0 Å². The van der Waals surface area contributed by atoms with Crippen LogP contribution in [0.4, 0.5) is 10.1 Å². The topological polar surface area (TPSA) is 86.8 Å². The maximum absolute atomic E-state index is 13.6. The molecule has 2 amide bonds. The second-order valence-corrected chi connectivity index (χ2v) is 10.7. The van der Waals surface area contributed by atoms with Crippen LogP contribution in [0.2, 0.25) is 5.02 Å². The molecule has 2 rings (SSSR count). The number of rotatable bonds is 10. The summed E-state index contributed by atoms with van der Waals surface area (Å²) < 4.78 is 39.7. The number of anilines is 1. The molecule has 2 aromatic rings. The van der Waals surface area contributed by atoms with Crippen LogP contribution in [0.1, 0.15) is 38.3 Å². The van der Waals surface area contributed by atoms with Crippen LogP contribution in [-0.2, 0) is 26.2 Å². The summed E-state index contributed by atoms with van der Waals surface area (Å²) >= 11 is 6.19. The Morgan fingerprint density at radius 1 is 1.12 bits per heavy atom. The molecule has 34 heavy (non-hydrogen) atoms. The van der Waals surface area contributed by atoms with Gasteiger partial charge in [0.05, 0.1) is 11.9 Å². The van der Waals surface area contributed by atoms with Crippen molar-refractivity contribution in [3.63, 3.8) is 0 Å². The number of nitrogens with one attached hydrogen (secondary N) is 1. The van der Waals surface area contributed by atoms with Crippen molar-refractivity contribution in [1.82, 2.24) is 10.2 Å². The summed E-state index contributed by atoms with van der Waals surface area (Å²) in [5, 5.41) is 3.18. The predicted molar refractivity (Wildman–Crippen MR) is 133 cm³/mol. The van der Waals surface area contributed by atoms with Gasteiger partial charge >= 0.3 is 0 Å². The third kappa shape index (κ3) is 7.17. The molecule has 1 N–H and O–H groups in total. The zero-order chi connectivity index (χ0) is 25.6. The summed E-state index contributed by atoms with van der Waals surface area (Å²) in [4.78, 5) is 27.8. The highest BCUT2D eigenvalue weighted by Crippen LogP contribution is 2.28. The summed E-state index contributed by atoms with van der Waals surface area (Å²) in [6.45, 7) is 6.54. The first kappa shape index (κ1) is 27.6. The number of carbonyl (C=O) groups is 2. The minimum absolute atomic E-state index is 0.00919. The lowest BCUT2D eigenvalue weighted by atomic mass is 10.1. The third-order valence-electron chi connectivity index (χ3n) is 5.27. The summed E-state index contributed by atoms with van der Waals surface area (Å²) in [5.41, 5.74) is 1.40. The van der Waals surface area contributed by atoms with Crippen molar-refractivity contribution in [2.75, 3.05) is 17.1 Å². The highest BCUT2D eigenvalue weighted by atomic mass is 35.5. The SMILES string of the molecule is CCC(C(=O)NC(C)C)N(Cc1ccc(F)cc1)C(=O)CN(c1cccc(Cl)c1C)S(C)(=O)=O. The molecule has 0 heterocycles. The molecule has 0 aliphatic heterocycles. The first-order chi connectivity index (χ1) is 15.8. The fraction of sp³-hybridized carbons (Fsp3) is 0.417. The van der Waals surface area contributed by atoms with Gasteiger partial charge in [-0.3, -0.25) is 13.9 Å². The van der Waals surface area contributed by atoms with E-state index in [2.05, 4.69) is 5.32 Å². The fourth-order valence-corrected chi connectivity index (χ4v) is 4.62. The number of nitrogens with zero attached hydrogens (tertiary/aromatic N) is 2. The van der Waals surface area contributed by atoms with Crippen molar-refractivity contribution < 1.29 is 22.4 Å². The van der Waals surface area contributed by atoms with Crippen molar-refractivity contribution in [3.05, 3.63) is 64.4 Å². The van der Waals surface area contributed by atoms with E-state index >= 15 is 0 Å².